The molecule has 1 aromatic carbocycles. The van der Waals surface area contributed by atoms with E-state index in [9.17, 15) is 9.59 Å². The third-order valence-electron chi connectivity index (χ3n) is 7.35. The van der Waals surface area contributed by atoms with Crippen LogP contribution in [0, 0.1) is 6.92 Å². The second-order valence-corrected chi connectivity index (χ2v) is 9.78. The van der Waals surface area contributed by atoms with Gasteiger partial charge in [0.2, 0.25) is 5.91 Å². The van der Waals surface area contributed by atoms with Gasteiger partial charge >= 0.3 is 0 Å². The van der Waals surface area contributed by atoms with E-state index in [1.807, 2.05) is 29.8 Å². The molecule has 35 heavy (non-hydrogen) atoms. The molecule has 2 fully saturated rings. The molecule has 9 heteroatoms. The molecule has 5 rings (SSSR count). The number of hydrogen-bond acceptors (Lipinski definition) is 6. The number of amides is 1. The van der Waals surface area contributed by atoms with Crippen LogP contribution in [0.3, 0.4) is 0 Å². The van der Waals surface area contributed by atoms with Crippen molar-refractivity contribution in [3.63, 3.8) is 0 Å². The van der Waals surface area contributed by atoms with Gasteiger partial charge in [-0.1, -0.05) is 19.3 Å². The number of aromatic nitrogens is 4. The van der Waals surface area contributed by atoms with E-state index in [-0.39, 0.29) is 23.6 Å². The van der Waals surface area contributed by atoms with Gasteiger partial charge in [0.1, 0.15) is 17.1 Å². The van der Waals surface area contributed by atoms with Gasteiger partial charge in [-0.25, -0.2) is 4.98 Å². The highest BCUT2D eigenvalue weighted by atomic mass is 16.5. The molecular weight excluding hydrogens is 444 g/mol. The van der Waals surface area contributed by atoms with E-state index in [1.54, 1.807) is 14.0 Å². The summed E-state index contributed by atoms with van der Waals surface area (Å²) in [6.45, 7) is 5.19. The average molecular weight is 479 g/mol. The minimum Gasteiger partial charge on any atom is -0.496 e. The number of nitrogens with one attached hydrogen (secondary N) is 2. The van der Waals surface area contributed by atoms with Crippen LogP contribution in [0.4, 0.5) is 5.69 Å². The zero-order chi connectivity index (χ0) is 24.5. The van der Waals surface area contributed by atoms with Gasteiger partial charge in [0.25, 0.3) is 5.56 Å². The van der Waals surface area contributed by atoms with E-state index in [1.165, 1.54) is 19.3 Å². The Hall–Kier alpha value is -3.36. The molecule has 0 unspecified atom stereocenters. The molecule has 9 nitrogen and oxygen atoms in total. The molecule has 186 valence electrons. The highest BCUT2D eigenvalue weighted by Gasteiger charge is 2.24. The van der Waals surface area contributed by atoms with Crippen LogP contribution in [0.1, 0.15) is 63.6 Å². The molecule has 2 N–H and O–H groups in total. The largest absolute Gasteiger partial charge is 0.496 e. The van der Waals surface area contributed by atoms with E-state index < -0.39 is 0 Å². The maximum atomic E-state index is 13.2. The fraction of sp³-hybridized carbons (Fsp3) is 0.538. The first-order valence-corrected chi connectivity index (χ1v) is 12.6. The lowest BCUT2D eigenvalue weighted by Gasteiger charge is -2.34. The number of anilines is 1. The summed E-state index contributed by atoms with van der Waals surface area (Å²) in [7, 11) is 1.63. The van der Waals surface area contributed by atoms with Crippen molar-refractivity contribution in [2.75, 3.05) is 25.1 Å². The third-order valence-corrected chi connectivity index (χ3v) is 7.35. The summed E-state index contributed by atoms with van der Waals surface area (Å²) in [6.07, 6.45) is 7.49. The predicted octanol–water partition coefficient (Wildman–Crippen LogP) is 3.71. The summed E-state index contributed by atoms with van der Waals surface area (Å²) >= 11 is 0. The number of nitrogens with zero attached hydrogens (tertiary/aromatic N) is 4. The van der Waals surface area contributed by atoms with Gasteiger partial charge in [-0.3, -0.25) is 14.3 Å². The fourth-order valence-corrected chi connectivity index (χ4v) is 5.55. The number of aromatic amines is 1. The molecule has 2 aliphatic rings. The molecule has 2 aromatic heterocycles. The van der Waals surface area contributed by atoms with Crippen molar-refractivity contribution < 1.29 is 9.53 Å². The Kier molecular flexibility index (Phi) is 6.49. The summed E-state index contributed by atoms with van der Waals surface area (Å²) in [4.78, 5) is 34.7. The van der Waals surface area contributed by atoms with Crippen molar-refractivity contribution in [2.24, 2.45) is 0 Å². The van der Waals surface area contributed by atoms with Gasteiger partial charge in [0.05, 0.1) is 24.4 Å². The van der Waals surface area contributed by atoms with Crippen LogP contribution in [-0.2, 0) is 4.79 Å². The fourth-order valence-electron chi connectivity index (χ4n) is 5.55. The number of H-pyrrole nitrogens is 1. The van der Waals surface area contributed by atoms with Crippen LogP contribution >= 0.6 is 0 Å². The number of carbonyl (C=O) groups excluding carboxylic acids is 1. The first-order chi connectivity index (χ1) is 16.9. The highest BCUT2D eigenvalue weighted by molar-refractivity contribution is 5.80. The van der Waals surface area contributed by atoms with Gasteiger partial charge in [-0.05, 0) is 44.7 Å². The number of benzene rings is 1. The molecule has 0 spiro atoms. The SMILES string of the molecule is COc1cc(N2CCC(NC(C)=O)CC2)ccc1-c1nc2c(C)nn(C3CCCCC3)c2c(=O)[nH]1. The molecule has 0 radical (unpaired) electrons. The van der Waals surface area contributed by atoms with E-state index in [0.29, 0.717) is 22.6 Å². The number of hydrogen-bond donors (Lipinski definition) is 2. The van der Waals surface area contributed by atoms with Crippen LogP contribution in [0.5, 0.6) is 5.75 Å². The molecule has 0 bridgehead atoms. The zero-order valence-electron chi connectivity index (χ0n) is 20.8. The van der Waals surface area contributed by atoms with Crippen molar-refractivity contribution in [1.29, 1.82) is 0 Å². The maximum absolute atomic E-state index is 13.2. The van der Waals surface area contributed by atoms with E-state index in [2.05, 4.69) is 15.2 Å². The Morgan fingerprint density at radius 2 is 1.89 bits per heavy atom. The van der Waals surface area contributed by atoms with E-state index in [4.69, 9.17) is 14.8 Å². The Morgan fingerprint density at radius 1 is 1.14 bits per heavy atom. The summed E-state index contributed by atoms with van der Waals surface area (Å²) in [5.41, 5.74) is 3.62. The van der Waals surface area contributed by atoms with Gasteiger partial charge in [-0.2, -0.15) is 5.10 Å². The average Bonchev–Trinajstić information content (AvgIpc) is 3.21. The lowest BCUT2D eigenvalue weighted by Crippen LogP contribution is -2.44. The van der Waals surface area contributed by atoms with E-state index in [0.717, 1.165) is 55.7 Å². The molecule has 1 aliphatic carbocycles. The molecule has 1 aliphatic heterocycles. The summed E-state index contributed by atoms with van der Waals surface area (Å²) in [6, 6.07) is 6.48. The topological polar surface area (TPSA) is 105 Å². The lowest BCUT2D eigenvalue weighted by molar-refractivity contribution is -0.119. The summed E-state index contributed by atoms with van der Waals surface area (Å²) in [5, 5.41) is 7.74. The summed E-state index contributed by atoms with van der Waals surface area (Å²) < 4.78 is 7.63. The number of piperidine rings is 1. The summed E-state index contributed by atoms with van der Waals surface area (Å²) in [5.74, 6) is 1.17. The van der Waals surface area contributed by atoms with Gasteiger partial charge in [0.15, 0.2) is 5.52 Å². The van der Waals surface area contributed by atoms with Crippen molar-refractivity contribution in [3.05, 3.63) is 34.2 Å². The smallest absolute Gasteiger partial charge is 0.277 e. The second kappa shape index (κ2) is 9.71. The van der Waals surface area contributed by atoms with Crippen LogP contribution in [0.15, 0.2) is 23.0 Å². The number of fused-ring (bicyclic) bond motifs is 1. The molecule has 3 heterocycles. The third kappa shape index (κ3) is 4.63. The Balaban J connectivity index is 1.44. The molecule has 1 saturated heterocycles. The van der Waals surface area contributed by atoms with Crippen LogP contribution in [0.2, 0.25) is 0 Å². The minimum atomic E-state index is -0.164. The lowest BCUT2D eigenvalue weighted by atomic mass is 9.95. The molecule has 1 saturated carbocycles. The zero-order valence-corrected chi connectivity index (χ0v) is 20.8. The number of rotatable bonds is 5. The van der Waals surface area contributed by atoms with Gasteiger partial charge in [0, 0.05) is 37.8 Å². The standard InChI is InChI=1S/C26H34N6O3/c1-16-23-24(32(30-16)19-7-5-4-6-8-19)26(34)29-25(28-23)21-10-9-20(15-22(21)35-3)31-13-11-18(12-14-31)27-17(2)33/h9-10,15,18-19H,4-8,11-14H2,1-3H3,(H,27,33)(H,28,29,34). The molecule has 3 aromatic rings. The number of ether oxygens (including phenoxy) is 1. The van der Waals surface area contributed by atoms with Crippen molar-refractivity contribution in [1.82, 2.24) is 25.1 Å². The van der Waals surface area contributed by atoms with Crippen LogP contribution in [-0.4, -0.2) is 51.9 Å². The normalized spacial score (nSPS) is 17.6. The van der Waals surface area contributed by atoms with E-state index >= 15 is 0 Å². The maximum Gasteiger partial charge on any atom is 0.277 e. The van der Waals surface area contributed by atoms with Crippen LogP contribution in [0.25, 0.3) is 22.4 Å². The Labute approximate surface area is 204 Å². The van der Waals surface area contributed by atoms with Crippen molar-refractivity contribution in [2.45, 2.75) is 70.9 Å². The van der Waals surface area contributed by atoms with Crippen molar-refractivity contribution >= 4 is 22.6 Å². The highest BCUT2D eigenvalue weighted by Crippen LogP contribution is 2.34. The molecule has 1 amide bonds. The van der Waals surface area contributed by atoms with Crippen LogP contribution < -0.4 is 20.5 Å². The number of carbonyl (C=O) groups is 1. The second-order valence-electron chi connectivity index (χ2n) is 9.78. The van der Waals surface area contributed by atoms with Crippen molar-refractivity contribution in [3.8, 4) is 17.1 Å². The first kappa shape index (κ1) is 23.4. The number of methoxy groups -OCH3 is 1. The minimum absolute atomic E-state index is 0.0208. The predicted molar refractivity (Wildman–Crippen MR) is 136 cm³/mol. The Bertz CT molecular complexity index is 1280. The molecular formula is C26H34N6O3. The first-order valence-electron chi connectivity index (χ1n) is 12.6. The van der Waals surface area contributed by atoms with Gasteiger partial charge < -0.3 is 19.9 Å². The number of aryl methyl sites for hydroxylation is 1. The monoisotopic (exact) mass is 478 g/mol. The Morgan fingerprint density at radius 3 is 2.57 bits per heavy atom. The quantitative estimate of drug-likeness (QED) is 0.579. The molecule has 0 atom stereocenters. The van der Waals surface area contributed by atoms with Gasteiger partial charge in [-0.15, -0.1) is 0 Å².